The highest BCUT2D eigenvalue weighted by molar-refractivity contribution is 7.99. The first-order chi connectivity index (χ1) is 14.7. The number of benzene rings is 3. The molecule has 3 aromatic carbocycles. The van der Waals surface area contributed by atoms with Crippen molar-refractivity contribution in [1.82, 2.24) is 19.8 Å². The van der Waals surface area contributed by atoms with Crippen LogP contribution < -0.4 is 5.32 Å². The Morgan fingerprint density at radius 1 is 0.733 bits per heavy atom. The van der Waals surface area contributed by atoms with Gasteiger partial charge in [-0.1, -0.05) is 42.1 Å². The van der Waals surface area contributed by atoms with E-state index in [0.29, 0.717) is 17.3 Å². The molecule has 1 N–H and O–H groups in total. The van der Waals surface area contributed by atoms with Gasteiger partial charge in [-0.25, -0.2) is 4.39 Å². The Labute approximate surface area is 176 Å². The molecule has 30 heavy (non-hydrogen) atoms. The van der Waals surface area contributed by atoms with Crippen LogP contribution in [-0.4, -0.2) is 19.8 Å². The van der Waals surface area contributed by atoms with Crippen molar-refractivity contribution in [3.63, 3.8) is 0 Å². The van der Waals surface area contributed by atoms with Crippen LogP contribution in [0.5, 0.6) is 0 Å². The molecule has 2 aromatic heterocycles. The van der Waals surface area contributed by atoms with Crippen LogP contribution in [0, 0.1) is 5.82 Å². The maximum atomic E-state index is 13.1. The number of halogens is 1. The van der Waals surface area contributed by atoms with Gasteiger partial charge in [0.1, 0.15) is 5.82 Å². The molecular weight excluding hydrogens is 397 g/mol. The zero-order chi connectivity index (χ0) is 20.3. The smallest absolute Gasteiger partial charge is 0.250 e. The van der Waals surface area contributed by atoms with Crippen LogP contribution >= 0.6 is 11.8 Å². The van der Waals surface area contributed by atoms with E-state index in [2.05, 4.69) is 57.0 Å². The first-order valence-electron chi connectivity index (χ1n) is 9.33. The summed E-state index contributed by atoms with van der Waals surface area (Å²) in [5, 5.41) is 16.1. The van der Waals surface area contributed by atoms with E-state index in [9.17, 15) is 4.39 Å². The van der Waals surface area contributed by atoms with Crippen molar-refractivity contribution < 1.29 is 4.39 Å². The molecule has 146 valence electrons. The molecule has 5 rings (SSSR count). The molecule has 0 saturated carbocycles. The van der Waals surface area contributed by atoms with Gasteiger partial charge in [0, 0.05) is 21.0 Å². The van der Waals surface area contributed by atoms with Gasteiger partial charge in [0.05, 0.1) is 5.69 Å². The fourth-order valence-corrected chi connectivity index (χ4v) is 3.84. The second-order valence-corrected chi connectivity index (χ2v) is 7.73. The molecule has 0 aliphatic heterocycles. The Kier molecular flexibility index (Phi) is 4.86. The second kappa shape index (κ2) is 7.96. The number of aromatic nitrogens is 4. The van der Waals surface area contributed by atoms with E-state index in [-0.39, 0.29) is 5.82 Å². The molecule has 2 heterocycles. The molecule has 0 atom stereocenters. The summed E-state index contributed by atoms with van der Waals surface area (Å²) in [4.78, 5) is 2.36. The number of hydrogen-bond acceptors (Lipinski definition) is 5. The van der Waals surface area contributed by atoms with Crippen molar-refractivity contribution in [1.29, 1.82) is 0 Å². The monoisotopic (exact) mass is 413 g/mol. The minimum atomic E-state index is -0.291. The van der Waals surface area contributed by atoms with Gasteiger partial charge in [-0.05, 0) is 60.7 Å². The van der Waals surface area contributed by atoms with Crippen molar-refractivity contribution in [2.24, 2.45) is 0 Å². The minimum absolute atomic E-state index is 0.291. The van der Waals surface area contributed by atoms with E-state index >= 15 is 0 Å². The van der Waals surface area contributed by atoms with E-state index in [1.54, 1.807) is 28.4 Å². The fourth-order valence-electron chi connectivity index (χ4n) is 3.00. The number of rotatable bonds is 5. The average molecular weight is 413 g/mol. The van der Waals surface area contributed by atoms with Gasteiger partial charge in [-0.3, -0.25) is 0 Å². The third-order valence-electron chi connectivity index (χ3n) is 4.49. The van der Waals surface area contributed by atoms with Gasteiger partial charge >= 0.3 is 0 Å². The lowest BCUT2D eigenvalue weighted by atomic mass is 10.1. The highest BCUT2D eigenvalue weighted by atomic mass is 32.2. The Balaban J connectivity index is 1.41. The Hall–Kier alpha value is -3.71. The first-order valence-corrected chi connectivity index (χ1v) is 10.1. The summed E-state index contributed by atoms with van der Waals surface area (Å²) in [6, 6.07) is 28.4. The number of anilines is 2. The van der Waals surface area contributed by atoms with Crippen LogP contribution in [-0.2, 0) is 0 Å². The molecule has 0 bridgehead atoms. The fraction of sp³-hybridized carbons (Fsp3) is 0. The number of fused-ring (bicyclic) bond motifs is 1. The zero-order valence-electron chi connectivity index (χ0n) is 15.7. The van der Waals surface area contributed by atoms with Crippen LogP contribution in [0.2, 0.25) is 0 Å². The third-order valence-corrected chi connectivity index (χ3v) is 5.51. The lowest BCUT2D eigenvalue weighted by molar-refractivity contribution is 0.628. The summed E-state index contributed by atoms with van der Waals surface area (Å²) >= 11 is 1.72. The van der Waals surface area contributed by atoms with Crippen LogP contribution in [0.3, 0.4) is 0 Å². The summed E-state index contributed by atoms with van der Waals surface area (Å²) < 4.78 is 14.8. The van der Waals surface area contributed by atoms with Gasteiger partial charge in [0.15, 0.2) is 5.65 Å². The molecule has 0 spiro atoms. The second-order valence-electron chi connectivity index (χ2n) is 6.58. The summed E-state index contributed by atoms with van der Waals surface area (Å²) in [5.74, 6) is 0.177. The van der Waals surface area contributed by atoms with Gasteiger partial charge in [0.2, 0.25) is 5.95 Å². The number of hydrogen-bond donors (Lipinski definition) is 1. The molecule has 0 aliphatic rings. The average Bonchev–Trinajstić information content (AvgIpc) is 3.18. The largest absolute Gasteiger partial charge is 0.323 e. The van der Waals surface area contributed by atoms with Crippen molar-refractivity contribution in [3.8, 4) is 11.3 Å². The number of nitrogens with one attached hydrogen (secondary N) is 1. The molecule has 0 unspecified atom stereocenters. The van der Waals surface area contributed by atoms with Crippen LogP contribution in [0.15, 0.2) is 101 Å². The summed E-state index contributed by atoms with van der Waals surface area (Å²) in [6.45, 7) is 0. The van der Waals surface area contributed by atoms with Crippen LogP contribution in [0.25, 0.3) is 16.9 Å². The van der Waals surface area contributed by atoms with Gasteiger partial charge in [0.25, 0.3) is 0 Å². The van der Waals surface area contributed by atoms with Crippen LogP contribution in [0.4, 0.5) is 16.0 Å². The van der Waals surface area contributed by atoms with Crippen molar-refractivity contribution in [2.45, 2.75) is 9.79 Å². The highest BCUT2D eigenvalue weighted by Gasteiger charge is 2.09. The summed E-state index contributed by atoms with van der Waals surface area (Å²) in [7, 11) is 0. The zero-order valence-corrected chi connectivity index (χ0v) is 16.6. The van der Waals surface area contributed by atoms with Crippen molar-refractivity contribution in [2.75, 3.05) is 5.32 Å². The molecular formula is C23H16FN5S. The summed E-state index contributed by atoms with van der Waals surface area (Å²) in [5.41, 5.74) is 3.14. The van der Waals surface area contributed by atoms with E-state index in [1.807, 2.05) is 30.3 Å². The van der Waals surface area contributed by atoms with Crippen LogP contribution in [0.1, 0.15) is 0 Å². The van der Waals surface area contributed by atoms with Crippen molar-refractivity contribution >= 4 is 29.0 Å². The summed E-state index contributed by atoms with van der Waals surface area (Å²) in [6.07, 6.45) is 0. The van der Waals surface area contributed by atoms with Gasteiger partial charge < -0.3 is 5.32 Å². The molecule has 0 radical (unpaired) electrons. The minimum Gasteiger partial charge on any atom is -0.323 e. The molecule has 7 heteroatoms. The van der Waals surface area contributed by atoms with Gasteiger partial charge in [-0.15, -0.1) is 10.2 Å². The van der Waals surface area contributed by atoms with E-state index in [0.717, 1.165) is 16.2 Å². The van der Waals surface area contributed by atoms with E-state index in [4.69, 9.17) is 0 Å². The highest BCUT2D eigenvalue weighted by Crippen LogP contribution is 2.29. The first kappa shape index (κ1) is 18.3. The third kappa shape index (κ3) is 3.88. The standard InChI is InChI=1S/C23H16FN5S/c24-17-8-10-18(11-9-17)25-23-27-26-22-15-14-21(28-29(22)23)16-6-12-20(13-7-16)30-19-4-2-1-3-5-19/h1-15H,(H,25,27). The lowest BCUT2D eigenvalue weighted by Crippen LogP contribution is -2.01. The van der Waals surface area contributed by atoms with Crippen molar-refractivity contribution in [3.05, 3.63) is 96.8 Å². The molecule has 0 fully saturated rings. The SMILES string of the molecule is Fc1ccc(Nc2nnc3ccc(-c4ccc(Sc5ccccc5)cc4)nn23)cc1. The Morgan fingerprint density at radius 3 is 2.23 bits per heavy atom. The quantitative estimate of drug-likeness (QED) is 0.393. The maximum absolute atomic E-state index is 13.1. The Bertz CT molecular complexity index is 1290. The maximum Gasteiger partial charge on any atom is 0.250 e. The topological polar surface area (TPSA) is 55.1 Å². The Morgan fingerprint density at radius 2 is 1.47 bits per heavy atom. The molecule has 0 aliphatic carbocycles. The number of nitrogens with zero attached hydrogens (tertiary/aromatic N) is 4. The van der Waals surface area contributed by atoms with E-state index < -0.39 is 0 Å². The predicted molar refractivity (Wildman–Crippen MR) is 116 cm³/mol. The molecule has 5 nitrogen and oxygen atoms in total. The lowest BCUT2D eigenvalue weighted by Gasteiger charge is -2.06. The van der Waals surface area contributed by atoms with Gasteiger partial charge in [-0.2, -0.15) is 9.61 Å². The molecule has 0 amide bonds. The normalized spacial score (nSPS) is 11.0. The molecule has 5 aromatic rings. The predicted octanol–water partition coefficient (Wildman–Crippen LogP) is 5.83. The van der Waals surface area contributed by atoms with E-state index in [1.165, 1.54) is 17.0 Å². The molecule has 0 saturated heterocycles.